The highest BCUT2D eigenvalue weighted by atomic mass is 16.4. The summed E-state index contributed by atoms with van der Waals surface area (Å²) < 4.78 is 0. The molecule has 0 bridgehead atoms. The van der Waals surface area contributed by atoms with Crippen LogP contribution in [0.3, 0.4) is 0 Å². The summed E-state index contributed by atoms with van der Waals surface area (Å²) in [5.74, 6) is 0.284. The Morgan fingerprint density at radius 3 is 2.69 bits per heavy atom. The van der Waals surface area contributed by atoms with Gasteiger partial charge in [-0.25, -0.2) is 0 Å². The fourth-order valence-corrected chi connectivity index (χ4v) is 1.29. The van der Waals surface area contributed by atoms with Gasteiger partial charge in [0.25, 0.3) is 0 Å². The second-order valence-electron chi connectivity index (χ2n) is 4.18. The Labute approximate surface area is 79.2 Å². The van der Waals surface area contributed by atoms with Crippen LogP contribution in [0.1, 0.15) is 33.1 Å². The van der Waals surface area contributed by atoms with Gasteiger partial charge in [-0.15, -0.1) is 0 Å². The van der Waals surface area contributed by atoms with Crippen molar-refractivity contribution in [3.8, 4) is 0 Å². The van der Waals surface area contributed by atoms with Crippen molar-refractivity contribution in [3.63, 3.8) is 0 Å². The summed E-state index contributed by atoms with van der Waals surface area (Å²) in [6.45, 7) is 5.23. The van der Waals surface area contributed by atoms with Crippen molar-refractivity contribution in [2.45, 2.75) is 39.2 Å². The Morgan fingerprint density at radius 2 is 2.31 bits per heavy atom. The van der Waals surface area contributed by atoms with Gasteiger partial charge in [-0.1, -0.05) is 19.0 Å². The summed E-state index contributed by atoms with van der Waals surface area (Å²) in [7, 11) is 0. The van der Waals surface area contributed by atoms with E-state index < -0.39 is 0 Å². The first-order valence-corrected chi connectivity index (χ1v) is 4.82. The quantitative estimate of drug-likeness (QED) is 0.258. The minimum Gasteiger partial charge on any atom is -0.409 e. The molecule has 1 aliphatic rings. The topological polar surface area (TPSA) is 70.6 Å². The molecule has 0 heterocycles. The molecule has 1 unspecified atom stereocenters. The van der Waals surface area contributed by atoms with Gasteiger partial charge >= 0.3 is 0 Å². The number of hydrogen-bond donors (Lipinski definition) is 3. The minimum atomic E-state index is 0.0161. The summed E-state index contributed by atoms with van der Waals surface area (Å²) in [4.78, 5) is 0. The Hall–Kier alpha value is -0.770. The number of nitrogens with two attached hydrogens (primary N) is 1. The largest absolute Gasteiger partial charge is 0.409 e. The zero-order valence-electron chi connectivity index (χ0n) is 8.38. The van der Waals surface area contributed by atoms with Crippen molar-refractivity contribution in [3.05, 3.63) is 0 Å². The molecular formula is C9H19N3O. The Kier molecular flexibility index (Phi) is 3.14. The predicted molar refractivity (Wildman–Crippen MR) is 52.8 cm³/mol. The monoisotopic (exact) mass is 185 g/mol. The third-order valence-electron chi connectivity index (χ3n) is 2.76. The number of nitrogens with zero attached hydrogens (tertiary/aromatic N) is 1. The fraction of sp³-hybridized carbons (Fsp3) is 0.889. The molecule has 4 N–H and O–H groups in total. The van der Waals surface area contributed by atoms with Crippen molar-refractivity contribution < 1.29 is 5.21 Å². The molecule has 4 nitrogen and oxygen atoms in total. The zero-order chi connectivity index (χ0) is 9.90. The fourth-order valence-electron chi connectivity index (χ4n) is 1.29. The van der Waals surface area contributed by atoms with E-state index >= 15 is 0 Å². The van der Waals surface area contributed by atoms with E-state index in [0.717, 1.165) is 13.0 Å². The summed E-state index contributed by atoms with van der Waals surface area (Å²) in [6.07, 6.45) is 3.42. The lowest BCUT2D eigenvalue weighted by atomic mass is 10.1. The molecule has 1 fully saturated rings. The number of amidine groups is 1. The van der Waals surface area contributed by atoms with Crippen LogP contribution in [-0.4, -0.2) is 23.6 Å². The van der Waals surface area contributed by atoms with Gasteiger partial charge in [-0.05, 0) is 24.7 Å². The van der Waals surface area contributed by atoms with Gasteiger partial charge in [0.05, 0.1) is 6.04 Å². The lowest BCUT2D eigenvalue weighted by Gasteiger charge is -2.17. The summed E-state index contributed by atoms with van der Waals surface area (Å²) in [5, 5.41) is 14.8. The van der Waals surface area contributed by atoms with Crippen LogP contribution in [0.2, 0.25) is 0 Å². The van der Waals surface area contributed by atoms with Crippen LogP contribution >= 0.6 is 0 Å². The Balaban J connectivity index is 2.31. The Morgan fingerprint density at radius 1 is 1.69 bits per heavy atom. The standard InChI is InChI=1S/C9H19N3O/c1-3-7(8(10)12-13)11-6-9(2)4-5-9/h7,11,13H,3-6H2,1-2H3,(H2,10,12). The molecule has 1 atom stereocenters. The highest BCUT2D eigenvalue weighted by Crippen LogP contribution is 2.44. The third kappa shape index (κ3) is 2.88. The van der Waals surface area contributed by atoms with E-state index in [-0.39, 0.29) is 11.9 Å². The lowest BCUT2D eigenvalue weighted by Crippen LogP contribution is -2.43. The predicted octanol–water partition coefficient (Wildman–Crippen LogP) is 0.901. The smallest absolute Gasteiger partial charge is 0.156 e. The highest BCUT2D eigenvalue weighted by molar-refractivity contribution is 5.85. The van der Waals surface area contributed by atoms with Crippen LogP contribution in [0, 0.1) is 5.41 Å². The highest BCUT2D eigenvalue weighted by Gasteiger charge is 2.37. The normalized spacial score (nSPS) is 22.8. The molecule has 1 rings (SSSR count). The lowest BCUT2D eigenvalue weighted by molar-refractivity contribution is 0.313. The van der Waals surface area contributed by atoms with E-state index in [1.165, 1.54) is 12.8 Å². The first-order chi connectivity index (χ1) is 6.11. The van der Waals surface area contributed by atoms with Crippen LogP contribution < -0.4 is 11.1 Å². The van der Waals surface area contributed by atoms with E-state index in [9.17, 15) is 0 Å². The number of nitrogens with one attached hydrogen (secondary N) is 1. The molecule has 0 aliphatic heterocycles. The minimum absolute atomic E-state index is 0.0161. The second kappa shape index (κ2) is 3.96. The number of rotatable bonds is 5. The number of oxime groups is 1. The maximum atomic E-state index is 8.50. The van der Waals surface area contributed by atoms with Gasteiger partial charge < -0.3 is 16.3 Å². The van der Waals surface area contributed by atoms with Crippen molar-refractivity contribution in [1.82, 2.24) is 5.32 Å². The van der Waals surface area contributed by atoms with E-state index in [2.05, 4.69) is 17.4 Å². The molecule has 4 heteroatoms. The van der Waals surface area contributed by atoms with Gasteiger partial charge in [0, 0.05) is 6.54 Å². The van der Waals surface area contributed by atoms with Crippen LogP contribution in [0.4, 0.5) is 0 Å². The third-order valence-corrected chi connectivity index (χ3v) is 2.76. The molecule has 13 heavy (non-hydrogen) atoms. The van der Waals surface area contributed by atoms with E-state index in [1.807, 2.05) is 6.92 Å². The Bertz CT molecular complexity index is 199. The van der Waals surface area contributed by atoms with Crippen molar-refractivity contribution in [1.29, 1.82) is 0 Å². The van der Waals surface area contributed by atoms with E-state index in [4.69, 9.17) is 10.9 Å². The molecule has 0 spiro atoms. The van der Waals surface area contributed by atoms with Crippen LogP contribution in [0.5, 0.6) is 0 Å². The van der Waals surface area contributed by atoms with Gasteiger partial charge in [0.15, 0.2) is 5.84 Å². The molecule has 1 aliphatic carbocycles. The molecule has 76 valence electrons. The zero-order valence-corrected chi connectivity index (χ0v) is 8.38. The first-order valence-electron chi connectivity index (χ1n) is 4.82. The van der Waals surface area contributed by atoms with Gasteiger partial charge in [-0.3, -0.25) is 0 Å². The average molecular weight is 185 g/mol. The van der Waals surface area contributed by atoms with Crippen LogP contribution in [0.25, 0.3) is 0 Å². The SMILES string of the molecule is CCC(NCC1(C)CC1)C(N)=NO. The molecule has 0 amide bonds. The summed E-state index contributed by atoms with van der Waals surface area (Å²) in [6, 6.07) is 0.0161. The molecule has 0 aromatic heterocycles. The van der Waals surface area contributed by atoms with Crippen molar-refractivity contribution >= 4 is 5.84 Å². The molecule has 0 aromatic carbocycles. The van der Waals surface area contributed by atoms with Crippen molar-refractivity contribution in [2.24, 2.45) is 16.3 Å². The number of hydrogen-bond acceptors (Lipinski definition) is 3. The van der Waals surface area contributed by atoms with E-state index in [1.54, 1.807) is 0 Å². The van der Waals surface area contributed by atoms with Gasteiger partial charge in [0.1, 0.15) is 0 Å². The molecule has 1 saturated carbocycles. The van der Waals surface area contributed by atoms with Gasteiger partial charge in [0.2, 0.25) is 0 Å². The summed E-state index contributed by atoms with van der Waals surface area (Å²) in [5.41, 5.74) is 5.98. The molecular weight excluding hydrogens is 166 g/mol. The summed E-state index contributed by atoms with van der Waals surface area (Å²) >= 11 is 0. The molecule has 0 aromatic rings. The van der Waals surface area contributed by atoms with Crippen LogP contribution in [-0.2, 0) is 0 Å². The van der Waals surface area contributed by atoms with Gasteiger partial charge in [-0.2, -0.15) is 0 Å². The van der Waals surface area contributed by atoms with Crippen LogP contribution in [0.15, 0.2) is 5.16 Å². The van der Waals surface area contributed by atoms with E-state index in [0.29, 0.717) is 5.41 Å². The van der Waals surface area contributed by atoms with Crippen molar-refractivity contribution in [2.75, 3.05) is 6.54 Å². The second-order valence-corrected chi connectivity index (χ2v) is 4.18. The maximum absolute atomic E-state index is 8.50. The molecule has 0 radical (unpaired) electrons. The average Bonchev–Trinajstić information content (AvgIpc) is 2.85. The first kappa shape index (κ1) is 10.3. The molecule has 0 saturated heterocycles. The maximum Gasteiger partial charge on any atom is 0.156 e.